The molecule has 0 aliphatic carbocycles. The Balaban J connectivity index is 1.54. The number of fused-ring (bicyclic) bond motifs is 1. The molecule has 0 atom stereocenters. The van der Waals surface area contributed by atoms with Gasteiger partial charge < -0.3 is 25.4 Å². The first-order valence-electron chi connectivity index (χ1n) is 9.40. The van der Waals surface area contributed by atoms with Crippen LogP contribution in [0.3, 0.4) is 0 Å². The summed E-state index contributed by atoms with van der Waals surface area (Å²) in [6, 6.07) is -0.312. The highest BCUT2D eigenvalue weighted by Crippen LogP contribution is 2.40. The number of nitrogens with two attached hydrogens (primary N) is 1. The number of carbonyl (C=O) groups excluding carboxylic acids is 2. The second-order valence-electron chi connectivity index (χ2n) is 7.64. The Morgan fingerprint density at radius 2 is 2.04 bits per heavy atom. The highest BCUT2D eigenvalue weighted by Gasteiger charge is 2.33. The van der Waals surface area contributed by atoms with Gasteiger partial charge in [0.1, 0.15) is 18.1 Å². The number of ether oxygens (including phenoxy) is 2. The zero-order valence-electron chi connectivity index (χ0n) is 16.0. The summed E-state index contributed by atoms with van der Waals surface area (Å²) in [5.74, 6) is -0.517. The van der Waals surface area contributed by atoms with Gasteiger partial charge in [-0.2, -0.15) is 0 Å². The van der Waals surface area contributed by atoms with Gasteiger partial charge in [-0.15, -0.1) is 11.3 Å². The number of carbonyl (C=O) groups is 2. The molecule has 0 saturated carbocycles. The van der Waals surface area contributed by atoms with Gasteiger partial charge in [-0.1, -0.05) is 0 Å². The minimum atomic E-state index is -0.517. The number of rotatable bonds is 6. The minimum absolute atomic E-state index is 0.312. The third-order valence-corrected chi connectivity index (χ3v) is 6.07. The summed E-state index contributed by atoms with van der Waals surface area (Å²) in [5, 5.41) is 6.17. The summed E-state index contributed by atoms with van der Waals surface area (Å²) in [6.07, 6.45) is 1.50. The molecule has 2 aliphatic heterocycles. The van der Waals surface area contributed by atoms with Crippen LogP contribution in [0.4, 0.5) is 9.80 Å². The van der Waals surface area contributed by atoms with Crippen LogP contribution in [-0.2, 0) is 22.5 Å². The van der Waals surface area contributed by atoms with Crippen LogP contribution in [0, 0.1) is 0 Å². The summed E-state index contributed by atoms with van der Waals surface area (Å²) in [4.78, 5) is 26.7. The number of urea groups is 1. The number of nitrogens with one attached hydrogen (secondary N) is 3. The maximum absolute atomic E-state index is 12.3. The molecular formula is C18H29N4O4S+. The van der Waals surface area contributed by atoms with E-state index in [9.17, 15) is 9.59 Å². The molecular weight excluding hydrogens is 368 g/mol. The summed E-state index contributed by atoms with van der Waals surface area (Å²) < 4.78 is 11.1. The Labute approximate surface area is 163 Å². The molecule has 1 aromatic rings. The number of anilines is 1. The molecule has 1 fully saturated rings. The van der Waals surface area contributed by atoms with Crippen molar-refractivity contribution < 1.29 is 24.0 Å². The van der Waals surface area contributed by atoms with Crippen LogP contribution in [0.5, 0.6) is 0 Å². The number of thiophene rings is 1. The smallest absolute Gasteiger partial charge is 0.319 e. The molecule has 0 bridgehead atoms. The lowest BCUT2D eigenvalue weighted by atomic mass is 9.93. The van der Waals surface area contributed by atoms with E-state index in [4.69, 9.17) is 15.2 Å². The molecule has 0 aromatic carbocycles. The van der Waals surface area contributed by atoms with E-state index in [1.54, 1.807) is 0 Å². The van der Waals surface area contributed by atoms with E-state index in [1.165, 1.54) is 16.2 Å². The van der Waals surface area contributed by atoms with E-state index in [0.717, 1.165) is 49.7 Å². The minimum Gasteiger partial charge on any atom is -0.370 e. The van der Waals surface area contributed by atoms with E-state index >= 15 is 0 Å². The summed E-state index contributed by atoms with van der Waals surface area (Å²) in [7, 11) is 0. The van der Waals surface area contributed by atoms with Crippen molar-refractivity contribution >= 4 is 28.3 Å². The highest BCUT2D eigenvalue weighted by atomic mass is 32.1. The summed E-state index contributed by atoms with van der Waals surface area (Å²) in [5.41, 5.74) is 6.56. The zero-order chi connectivity index (χ0) is 19.4. The highest BCUT2D eigenvalue weighted by molar-refractivity contribution is 7.17. The average Bonchev–Trinajstić information content (AvgIpc) is 2.95. The third-order valence-electron chi connectivity index (χ3n) is 4.95. The maximum Gasteiger partial charge on any atom is 0.319 e. The van der Waals surface area contributed by atoms with Crippen LogP contribution >= 0.6 is 11.3 Å². The summed E-state index contributed by atoms with van der Waals surface area (Å²) in [6.45, 7) is 9.65. The Kier molecular flexibility index (Phi) is 6.36. The second-order valence-corrected chi connectivity index (χ2v) is 8.75. The molecule has 0 radical (unpaired) electrons. The monoisotopic (exact) mass is 397 g/mol. The van der Waals surface area contributed by atoms with Crippen LogP contribution in [0.1, 0.15) is 41.1 Å². The predicted octanol–water partition coefficient (Wildman–Crippen LogP) is 0.125. The molecule has 2 aliphatic rings. The van der Waals surface area contributed by atoms with Crippen molar-refractivity contribution in [2.24, 2.45) is 5.73 Å². The molecule has 1 aromatic heterocycles. The van der Waals surface area contributed by atoms with Crippen molar-refractivity contribution in [3.8, 4) is 0 Å². The molecule has 0 unspecified atom stereocenters. The average molecular weight is 398 g/mol. The lowest BCUT2D eigenvalue weighted by molar-refractivity contribution is -0.908. The Hall–Kier alpha value is -1.68. The molecule has 27 heavy (non-hydrogen) atoms. The Morgan fingerprint density at radius 3 is 2.74 bits per heavy atom. The second kappa shape index (κ2) is 8.55. The van der Waals surface area contributed by atoms with Gasteiger partial charge in [0.25, 0.3) is 5.91 Å². The van der Waals surface area contributed by atoms with Crippen molar-refractivity contribution in [3.63, 3.8) is 0 Å². The first-order valence-corrected chi connectivity index (χ1v) is 10.2. The SMILES string of the molecule is CC1(C)Cc2c(sc(NC(=O)NCCC[NH+]3CCOCC3)c2C(N)=O)CO1. The Morgan fingerprint density at radius 1 is 1.30 bits per heavy atom. The first-order chi connectivity index (χ1) is 12.9. The van der Waals surface area contributed by atoms with Crippen LogP contribution in [-0.4, -0.2) is 56.9 Å². The molecule has 0 spiro atoms. The number of hydrogen-bond acceptors (Lipinski definition) is 5. The number of morpholine rings is 1. The number of hydrogen-bond donors (Lipinski definition) is 4. The quantitative estimate of drug-likeness (QED) is 0.512. The molecule has 8 nitrogen and oxygen atoms in total. The molecule has 3 heterocycles. The molecule has 150 valence electrons. The maximum atomic E-state index is 12.3. The molecule has 9 heteroatoms. The lowest BCUT2D eigenvalue weighted by Crippen LogP contribution is -3.14. The van der Waals surface area contributed by atoms with E-state index in [0.29, 0.717) is 30.1 Å². The van der Waals surface area contributed by atoms with Crippen LogP contribution < -0.4 is 21.3 Å². The van der Waals surface area contributed by atoms with Crippen molar-refractivity contribution in [3.05, 3.63) is 16.0 Å². The van der Waals surface area contributed by atoms with Crippen molar-refractivity contribution in [2.75, 3.05) is 44.7 Å². The van der Waals surface area contributed by atoms with Crippen LogP contribution in [0.25, 0.3) is 0 Å². The van der Waals surface area contributed by atoms with E-state index < -0.39 is 5.91 Å². The molecule has 3 amide bonds. The number of primary amides is 1. The molecule has 5 N–H and O–H groups in total. The fraction of sp³-hybridized carbons (Fsp3) is 0.667. The van der Waals surface area contributed by atoms with Crippen molar-refractivity contribution in [1.82, 2.24) is 5.32 Å². The molecule has 1 saturated heterocycles. The number of amides is 3. The van der Waals surface area contributed by atoms with Crippen LogP contribution in [0.15, 0.2) is 0 Å². The fourth-order valence-electron chi connectivity index (χ4n) is 3.50. The van der Waals surface area contributed by atoms with Gasteiger partial charge in [-0.3, -0.25) is 10.1 Å². The summed E-state index contributed by atoms with van der Waals surface area (Å²) >= 11 is 1.37. The van der Waals surface area contributed by atoms with Gasteiger partial charge in [0.15, 0.2) is 0 Å². The largest absolute Gasteiger partial charge is 0.370 e. The lowest BCUT2D eigenvalue weighted by Gasteiger charge is -2.30. The van der Waals surface area contributed by atoms with Gasteiger partial charge in [0.05, 0.1) is 37.5 Å². The van der Waals surface area contributed by atoms with Gasteiger partial charge in [0.2, 0.25) is 0 Å². The first kappa shape index (κ1) is 20.1. The Bertz CT molecular complexity index is 698. The van der Waals surface area contributed by atoms with E-state index in [-0.39, 0.29) is 11.6 Å². The van der Waals surface area contributed by atoms with E-state index in [2.05, 4.69) is 10.6 Å². The van der Waals surface area contributed by atoms with Gasteiger partial charge in [-0.25, -0.2) is 4.79 Å². The van der Waals surface area contributed by atoms with Gasteiger partial charge in [0, 0.05) is 24.3 Å². The number of quaternary nitrogens is 1. The molecule has 3 rings (SSSR count). The predicted molar refractivity (Wildman–Crippen MR) is 103 cm³/mol. The topological polar surface area (TPSA) is 107 Å². The van der Waals surface area contributed by atoms with Crippen molar-refractivity contribution in [2.45, 2.75) is 38.9 Å². The van der Waals surface area contributed by atoms with E-state index in [1.807, 2.05) is 13.8 Å². The zero-order valence-corrected chi connectivity index (χ0v) is 16.8. The van der Waals surface area contributed by atoms with Gasteiger partial charge in [-0.05, 0) is 19.4 Å². The third kappa shape index (κ3) is 5.19. The standard InChI is InChI=1S/C18H28N4O4S/c1-18(2)10-12-13(11-26-18)27-16(14(12)15(19)23)21-17(24)20-4-3-5-22-6-8-25-9-7-22/h3-11H2,1-2H3,(H2,19,23)(H2,20,21,24)/p+1. The normalized spacial score (nSPS) is 19.3. The van der Waals surface area contributed by atoms with Crippen LogP contribution in [0.2, 0.25) is 0 Å². The van der Waals surface area contributed by atoms with Crippen molar-refractivity contribution in [1.29, 1.82) is 0 Å². The fourth-order valence-corrected chi connectivity index (χ4v) is 4.63. The van der Waals surface area contributed by atoms with Gasteiger partial charge >= 0.3 is 6.03 Å².